The van der Waals surface area contributed by atoms with Gasteiger partial charge in [0.25, 0.3) is 0 Å². The van der Waals surface area contributed by atoms with Gasteiger partial charge in [0.15, 0.2) is 35.8 Å². The van der Waals surface area contributed by atoms with E-state index in [9.17, 15) is 25.2 Å². The second-order valence-electron chi connectivity index (χ2n) is 9.69. The molecule has 1 aromatic rings. The summed E-state index contributed by atoms with van der Waals surface area (Å²) in [5, 5.41) is 45.0. The summed E-state index contributed by atoms with van der Waals surface area (Å²) in [6.07, 6.45) is 0.327. The van der Waals surface area contributed by atoms with Gasteiger partial charge in [-0.3, -0.25) is 9.28 Å². The van der Waals surface area contributed by atoms with Gasteiger partial charge < -0.3 is 25.2 Å². The normalized spacial score (nSPS) is 46.7. The molecular formula is C21H26NO6+. The van der Waals surface area contributed by atoms with Gasteiger partial charge in [0.05, 0.1) is 12.5 Å². The number of aliphatic hydroxyl groups is 3. The highest BCUT2D eigenvalue weighted by Crippen LogP contribution is 2.67. The first-order valence-electron chi connectivity index (χ1n) is 10.2. The van der Waals surface area contributed by atoms with Gasteiger partial charge in [-0.05, 0) is 30.9 Å². The Morgan fingerprint density at radius 2 is 2.07 bits per heavy atom. The Bertz CT molecular complexity index is 914. The van der Waals surface area contributed by atoms with Gasteiger partial charge in [-0.1, -0.05) is 6.07 Å². The average Bonchev–Trinajstić information content (AvgIpc) is 3.44. The zero-order chi connectivity index (χ0) is 19.6. The number of likely N-dealkylation sites (N-methyl/N-ethyl adjacent to an activating group) is 1. The van der Waals surface area contributed by atoms with Crippen LogP contribution in [0.15, 0.2) is 12.1 Å². The van der Waals surface area contributed by atoms with Crippen LogP contribution in [-0.4, -0.2) is 67.9 Å². The van der Waals surface area contributed by atoms with Gasteiger partial charge in [0.2, 0.25) is 0 Å². The molecule has 28 heavy (non-hydrogen) atoms. The molecule has 6 rings (SSSR count). The van der Waals surface area contributed by atoms with E-state index < -0.39 is 35.6 Å². The first-order chi connectivity index (χ1) is 13.2. The second kappa shape index (κ2) is 4.90. The first kappa shape index (κ1) is 17.2. The number of rotatable bonds is 2. The number of benzene rings is 1. The fraction of sp³-hybridized carbons (Fsp3) is 0.667. The largest absolute Gasteiger partial charge is 0.504 e. The molecule has 7 atom stereocenters. The number of hydrogen-bond donors (Lipinski definition) is 4. The Kier molecular flexibility index (Phi) is 3.01. The summed E-state index contributed by atoms with van der Waals surface area (Å²) in [5.41, 5.74) is -0.745. The molecule has 1 aromatic carbocycles. The molecule has 4 N–H and O–H groups in total. The number of Topliss-reactive ketones (excluding diaryl/α,β-unsaturated/α-hetero) is 1. The van der Waals surface area contributed by atoms with E-state index in [1.54, 1.807) is 6.07 Å². The van der Waals surface area contributed by atoms with E-state index in [4.69, 9.17) is 4.74 Å². The molecule has 2 unspecified atom stereocenters. The van der Waals surface area contributed by atoms with Crippen molar-refractivity contribution in [3.05, 3.63) is 23.3 Å². The molecule has 2 heterocycles. The third-order valence-corrected chi connectivity index (χ3v) is 8.57. The van der Waals surface area contributed by atoms with Crippen molar-refractivity contribution in [2.24, 2.45) is 5.92 Å². The summed E-state index contributed by atoms with van der Waals surface area (Å²) >= 11 is 0. The number of likely N-dealkylation sites (tertiary alicyclic amines) is 1. The summed E-state index contributed by atoms with van der Waals surface area (Å²) in [6, 6.07) is 2.96. The van der Waals surface area contributed by atoms with E-state index in [0.29, 0.717) is 12.0 Å². The maximum Gasteiger partial charge on any atom is 0.195 e. The molecule has 0 amide bonds. The molecule has 7 nitrogen and oxygen atoms in total. The molecule has 0 aromatic heterocycles. The summed E-state index contributed by atoms with van der Waals surface area (Å²) in [5.74, 6) is 0.278. The Morgan fingerprint density at radius 1 is 1.32 bits per heavy atom. The number of ether oxygens (including phenoxy) is 1. The van der Waals surface area contributed by atoms with Crippen molar-refractivity contribution in [1.82, 2.24) is 0 Å². The van der Waals surface area contributed by atoms with Crippen molar-refractivity contribution >= 4 is 5.78 Å². The first-order valence-corrected chi connectivity index (χ1v) is 10.2. The van der Waals surface area contributed by atoms with Crippen molar-refractivity contribution in [1.29, 1.82) is 0 Å². The van der Waals surface area contributed by atoms with E-state index >= 15 is 0 Å². The van der Waals surface area contributed by atoms with E-state index in [0.717, 1.165) is 18.4 Å². The van der Waals surface area contributed by atoms with Gasteiger partial charge in [-0.15, -0.1) is 0 Å². The van der Waals surface area contributed by atoms with Crippen LogP contribution in [0, 0.1) is 5.92 Å². The number of aromatic hydroxyl groups is 1. The number of aliphatic hydroxyl groups excluding tert-OH is 2. The van der Waals surface area contributed by atoms with E-state index in [1.165, 1.54) is 0 Å². The molecule has 2 saturated carbocycles. The molecule has 150 valence electrons. The number of piperidine rings is 1. The number of phenolic OH excluding ortho intramolecular Hbond substituents is 1. The number of carbonyl (C=O) groups excluding carboxylic acids is 1. The highest BCUT2D eigenvalue weighted by molar-refractivity contribution is 5.90. The van der Waals surface area contributed by atoms with Crippen LogP contribution < -0.4 is 4.74 Å². The molecule has 1 saturated heterocycles. The molecule has 2 bridgehead atoms. The van der Waals surface area contributed by atoms with Crippen LogP contribution in [0.5, 0.6) is 11.5 Å². The third kappa shape index (κ3) is 1.62. The van der Waals surface area contributed by atoms with Crippen molar-refractivity contribution in [2.75, 3.05) is 7.05 Å². The maximum atomic E-state index is 12.8. The highest BCUT2D eigenvalue weighted by atomic mass is 16.5. The number of phenols is 1. The highest BCUT2D eigenvalue weighted by Gasteiger charge is 2.79. The predicted octanol–water partition coefficient (Wildman–Crippen LogP) is 0.307. The Labute approximate surface area is 162 Å². The number of nitrogens with zero attached hydrogens (tertiary/aromatic N) is 1. The molecule has 3 aliphatic carbocycles. The minimum atomic E-state index is -1.29. The van der Waals surface area contributed by atoms with Gasteiger partial charge in [0.1, 0.15) is 11.6 Å². The minimum absolute atomic E-state index is 0.0144. The monoisotopic (exact) mass is 388 g/mol. The summed E-state index contributed by atoms with van der Waals surface area (Å²) < 4.78 is 5.97. The molecule has 3 fully saturated rings. The zero-order valence-corrected chi connectivity index (χ0v) is 15.8. The SMILES string of the molecule is C[N@+]1(C(O)C2CC2)C(O)C[C@]23c4c5ccc(O)c4O[C@H]2C(=O)CC[C@@]3(O)[C@H]1C5. The van der Waals surface area contributed by atoms with Crippen molar-refractivity contribution in [2.45, 2.75) is 74.1 Å². The van der Waals surface area contributed by atoms with Gasteiger partial charge >= 0.3 is 0 Å². The van der Waals surface area contributed by atoms with Crippen molar-refractivity contribution < 1.29 is 34.4 Å². The second-order valence-corrected chi connectivity index (χ2v) is 9.69. The predicted molar refractivity (Wildman–Crippen MR) is 96.4 cm³/mol. The van der Waals surface area contributed by atoms with Gasteiger partial charge in [-0.25, -0.2) is 0 Å². The van der Waals surface area contributed by atoms with Gasteiger partial charge in [0, 0.05) is 30.7 Å². The molecule has 2 aliphatic heterocycles. The topological polar surface area (TPSA) is 107 Å². The van der Waals surface area contributed by atoms with Gasteiger partial charge in [-0.2, -0.15) is 0 Å². The van der Waals surface area contributed by atoms with Crippen LogP contribution in [-0.2, 0) is 16.6 Å². The summed E-state index contributed by atoms with van der Waals surface area (Å²) in [7, 11) is 1.84. The van der Waals surface area contributed by atoms with Crippen LogP contribution in [0.25, 0.3) is 0 Å². The lowest BCUT2D eigenvalue weighted by atomic mass is 9.48. The van der Waals surface area contributed by atoms with Crippen LogP contribution in [0.1, 0.15) is 43.2 Å². The lowest BCUT2D eigenvalue weighted by Crippen LogP contribution is -2.84. The smallest absolute Gasteiger partial charge is 0.195 e. The van der Waals surface area contributed by atoms with E-state index in [2.05, 4.69) is 0 Å². The van der Waals surface area contributed by atoms with E-state index in [-0.39, 0.29) is 46.9 Å². The molecule has 7 heteroatoms. The fourth-order valence-electron chi connectivity index (χ4n) is 6.98. The van der Waals surface area contributed by atoms with Crippen molar-refractivity contribution in [3.8, 4) is 11.5 Å². The standard InChI is InChI=1S/C21H25NO6/c1-22(19(26)10-2-3-10)14-8-11-4-5-12(23)17-16(11)20(9-15(22)25)18(28-17)13(24)6-7-21(14,20)27/h4-5,10,14-15,18-19,25-27H,2-3,6-9H2,1H3/p+1/t14-,15?,18+,19?,20+,21-,22-/m1/s1. The lowest BCUT2D eigenvalue weighted by Gasteiger charge is -2.66. The summed E-state index contributed by atoms with van der Waals surface area (Å²) in [6.45, 7) is 0. The Hall–Kier alpha value is -1.67. The minimum Gasteiger partial charge on any atom is -0.504 e. The number of hydrogen-bond acceptors (Lipinski definition) is 6. The maximum absolute atomic E-state index is 12.8. The number of ketones is 1. The van der Waals surface area contributed by atoms with Crippen LogP contribution >= 0.6 is 0 Å². The molecule has 1 spiro atoms. The van der Waals surface area contributed by atoms with Crippen LogP contribution in [0.3, 0.4) is 0 Å². The zero-order valence-electron chi connectivity index (χ0n) is 15.8. The van der Waals surface area contributed by atoms with Crippen molar-refractivity contribution in [3.63, 3.8) is 0 Å². The molecule has 0 radical (unpaired) electrons. The molecular weight excluding hydrogens is 362 g/mol. The van der Waals surface area contributed by atoms with Crippen LogP contribution in [0.4, 0.5) is 0 Å². The Balaban J connectivity index is 1.63. The Morgan fingerprint density at radius 3 is 2.79 bits per heavy atom. The van der Waals surface area contributed by atoms with Crippen LogP contribution in [0.2, 0.25) is 0 Å². The number of carbonyl (C=O) groups is 1. The third-order valence-electron chi connectivity index (χ3n) is 8.57. The quantitative estimate of drug-likeness (QED) is 0.543. The lowest BCUT2D eigenvalue weighted by molar-refractivity contribution is -1.03. The molecule has 5 aliphatic rings. The average molecular weight is 388 g/mol. The summed E-state index contributed by atoms with van der Waals surface area (Å²) in [4.78, 5) is 12.8. The van der Waals surface area contributed by atoms with E-state index in [1.807, 2.05) is 13.1 Å². The number of quaternary nitrogens is 1. The fourth-order valence-corrected chi connectivity index (χ4v) is 6.98.